The SMILES string of the molecule is COC(=O)[C@@H]1CN(C)CC[C@H]1CCCC#C[Si](C)(C)C. The molecule has 0 aliphatic carbocycles. The van der Waals surface area contributed by atoms with Crippen LogP contribution in [-0.2, 0) is 9.53 Å². The fourth-order valence-electron chi connectivity index (χ4n) is 2.71. The van der Waals surface area contributed by atoms with E-state index < -0.39 is 8.07 Å². The molecule has 1 aliphatic heterocycles. The van der Waals surface area contributed by atoms with Gasteiger partial charge in [-0.15, -0.1) is 11.5 Å². The van der Waals surface area contributed by atoms with Gasteiger partial charge in [0.2, 0.25) is 0 Å². The molecule has 0 radical (unpaired) electrons. The molecule has 1 heterocycles. The second-order valence-electron chi connectivity index (χ2n) is 6.88. The Balaban J connectivity index is 2.43. The average molecular weight is 295 g/mol. The van der Waals surface area contributed by atoms with Crippen molar-refractivity contribution < 1.29 is 9.53 Å². The van der Waals surface area contributed by atoms with Gasteiger partial charge in [-0.1, -0.05) is 19.6 Å². The number of ether oxygens (including phenoxy) is 1. The topological polar surface area (TPSA) is 29.5 Å². The Morgan fingerprint density at radius 2 is 2.10 bits per heavy atom. The van der Waals surface area contributed by atoms with Gasteiger partial charge in [-0.25, -0.2) is 0 Å². The third-order valence-electron chi connectivity index (χ3n) is 3.80. The second-order valence-corrected chi connectivity index (χ2v) is 11.6. The summed E-state index contributed by atoms with van der Waals surface area (Å²) in [6.45, 7) is 8.72. The van der Waals surface area contributed by atoms with E-state index in [1.807, 2.05) is 0 Å². The number of likely N-dealkylation sites (tertiary alicyclic amines) is 1. The van der Waals surface area contributed by atoms with Crippen LogP contribution >= 0.6 is 0 Å². The lowest BCUT2D eigenvalue weighted by Crippen LogP contribution is -2.42. The smallest absolute Gasteiger partial charge is 0.310 e. The summed E-state index contributed by atoms with van der Waals surface area (Å²) < 4.78 is 4.95. The highest BCUT2D eigenvalue weighted by atomic mass is 28.3. The number of unbranched alkanes of at least 4 members (excludes halogenated alkanes) is 1. The zero-order chi connectivity index (χ0) is 15.2. The summed E-state index contributed by atoms with van der Waals surface area (Å²) in [7, 11) is 2.33. The van der Waals surface area contributed by atoms with E-state index in [0.29, 0.717) is 5.92 Å². The number of hydrogen-bond acceptors (Lipinski definition) is 3. The third kappa shape index (κ3) is 6.11. The molecule has 0 unspecified atom stereocenters. The Kier molecular flexibility index (Phi) is 6.77. The second kappa shape index (κ2) is 7.85. The Bertz CT molecular complexity index is 378. The summed E-state index contributed by atoms with van der Waals surface area (Å²) in [6, 6.07) is 0. The molecule has 0 aromatic heterocycles. The fraction of sp³-hybridized carbons (Fsp3) is 0.812. The van der Waals surface area contributed by atoms with Crippen molar-refractivity contribution in [2.45, 2.75) is 45.3 Å². The van der Waals surface area contributed by atoms with E-state index in [1.54, 1.807) is 0 Å². The van der Waals surface area contributed by atoms with Crippen LogP contribution in [0.4, 0.5) is 0 Å². The number of nitrogens with zero attached hydrogens (tertiary/aromatic N) is 1. The van der Waals surface area contributed by atoms with Crippen molar-refractivity contribution in [1.82, 2.24) is 4.90 Å². The molecule has 0 spiro atoms. The van der Waals surface area contributed by atoms with E-state index >= 15 is 0 Å². The third-order valence-corrected chi connectivity index (χ3v) is 4.73. The van der Waals surface area contributed by atoms with Gasteiger partial charge in [0.25, 0.3) is 0 Å². The van der Waals surface area contributed by atoms with Crippen molar-refractivity contribution in [3.05, 3.63) is 0 Å². The van der Waals surface area contributed by atoms with Gasteiger partial charge in [0.1, 0.15) is 8.07 Å². The van der Waals surface area contributed by atoms with Crippen LogP contribution in [0, 0.1) is 23.3 Å². The van der Waals surface area contributed by atoms with E-state index in [2.05, 4.69) is 43.1 Å². The van der Waals surface area contributed by atoms with Gasteiger partial charge in [0.05, 0.1) is 13.0 Å². The first-order valence-corrected chi connectivity index (χ1v) is 11.1. The summed E-state index contributed by atoms with van der Waals surface area (Å²) in [5.74, 6) is 3.78. The molecule has 0 aromatic carbocycles. The molecule has 0 aromatic rings. The van der Waals surface area contributed by atoms with Crippen molar-refractivity contribution in [2.75, 3.05) is 27.2 Å². The average Bonchev–Trinajstić information content (AvgIpc) is 2.37. The van der Waals surface area contributed by atoms with E-state index in [1.165, 1.54) is 7.11 Å². The lowest BCUT2D eigenvalue weighted by molar-refractivity contribution is -0.149. The largest absolute Gasteiger partial charge is 0.469 e. The zero-order valence-electron chi connectivity index (χ0n) is 13.7. The molecule has 114 valence electrons. The van der Waals surface area contributed by atoms with Crippen molar-refractivity contribution in [2.24, 2.45) is 11.8 Å². The van der Waals surface area contributed by atoms with Gasteiger partial charge in [-0.2, -0.15) is 0 Å². The first-order chi connectivity index (χ1) is 9.33. The summed E-state index contributed by atoms with van der Waals surface area (Å²) in [5, 5.41) is 0. The number of carbonyl (C=O) groups is 1. The maximum Gasteiger partial charge on any atom is 0.310 e. The van der Waals surface area contributed by atoms with E-state index in [-0.39, 0.29) is 11.9 Å². The number of hydrogen-bond donors (Lipinski definition) is 0. The van der Waals surface area contributed by atoms with E-state index in [9.17, 15) is 4.79 Å². The summed E-state index contributed by atoms with van der Waals surface area (Å²) in [5.41, 5.74) is 3.40. The fourth-order valence-corrected chi connectivity index (χ4v) is 3.36. The maximum atomic E-state index is 11.9. The van der Waals surface area contributed by atoms with Crippen LogP contribution in [0.5, 0.6) is 0 Å². The predicted octanol–water partition coefficient (Wildman–Crippen LogP) is 2.78. The molecule has 2 atom stereocenters. The van der Waals surface area contributed by atoms with Crippen LogP contribution in [-0.4, -0.2) is 46.2 Å². The summed E-state index contributed by atoms with van der Waals surface area (Å²) in [6.07, 6.45) is 4.25. The Hall–Kier alpha value is -0.793. The summed E-state index contributed by atoms with van der Waals surface area (Å²) in [4.78, 5) is 14.1. The van der Waals surface area contributed by atoms with Gasteiger partial charge < -0.3 is 9.64 Å². The lowest BCUT2D eigenvalue weighted by Gasteiger charge is -2.35. The molecule has 1 saturated heterocycles. The van der Waals surface area contributed by atoms with E-state index in [4.69, 9.17) is 4.74 Å². The minimum Gasteiger partial charge on any atom is -0.469 e. The molecule has 4 heteroatoms. The quantitative estimate of drug-likeness (QED) is 0.346. The van der Waals surface area contributed by atoms with Crippen molar-refractivity contribution in [3.63, 3.8) is 0 Å². The van der Waals surface area contributed by atoms with Crippen LogP contribution in [0.3, 0.4) is 0 Å². The molecular weight excluding hydrogens is 266 g/mol. The van der Waals surface area contributed by atoms with Crippen molar-refractivity contribution in [3.8, 4) is 11.5 Å². The van der Waals surface area contributed by atoms with Crippen molar-refractivity contribution >= 4 is 14.0 Å². The number of methoxy groups -OCH3 is 1. The van der Waals surface area contributed by atoms with Crippen LogP contribution in [0.15, 0.2) is 0 Å². The molecule has 0 saturated carbocycles. The molecule has 1 rings (SSSR count). The highest BCUT2D eigenvalue weighted by Crippen LogP contribution is 2.28. The first-order valence-electron chi connectivity index (χ1n) is 7.60. The van der Waals surface area contributed by atoms with Gasteiger partial charge >= 0.3 is 5.97 Å². The molecule has 0 amide bonds. The standard InChI is InChI=1S/C16H29NO2Si/c1-17-11-10-14(15(13-17)16(18)19-2)9-7-6-8-12-20(3,4)5/h14-15H,6-7,9-11,13H2,1-5H3/t14-,15-/m1/s1. The molecule has 1 fully saturated rings. The van der Waals surface area contributed by atoms with Gasteiger partial charge in [-0.3, -0.25) is 4.79 Å². The van der Waals surface area contributed by atoms with Crippen LogP contribution in [0.1, 0.15) is 25.7 Å². The van der Waals surface area contributed by atoms with E-state index in [0.717, 1.165) is 38.8 Å². The van der Waals surface area contributed by atoms with Gasteiger partial charge in [0, 0.05) is 13.0 Å². The molecule has 0 N–H and O–H groups in total. The molecular formula is C16H29NO2Si. The Morgan fingerprint density at radius 1 is 1.40 bits per heavy atom. The normalized spacial score (nSPS) is 23.9. The highest BCUT2D eigenvalue weighted by molar-refractivity contribution is 6.83. The minimum absolute atomic E-state index is 0.0451. The van der Waals surface area contributed by atoms with Gasteiger partial charge in [-0.05, 0) is 38.8 Å². The maximum absolute atomic E-state index is 11.9. The minimum atomic E-state index is -1.23. The molecule has 0 bridgehead atoms. The zero-order valence-corrected chi connectivity index (χ0v) is 14.7. The number of carbonyl (C=O) groups excluding carboxylic acids is 1. The number of piperidine rings is 1. The van der Waals surface area contributed by atoms with Crippen LogP contribution in [0.2, 0.25) is 19.6 Å². The molecule has 1 aliphatic rings. The Labute approximate surface area is 125 Å². The van der Waals surface area contributed by atoms with Crippen LogP contribution in [0.25, 0.3) is 0 Å². The highest BCUT2D eigenvalue weighted by Gasteiger charge is 2.33. The lowest BCUT2D eigenvalue weighted by atomic mass is 9.82. The predicted molar refractivity (Wildman–Crippen MR) is 86.1 cm³/mol. The molecule has 3 nitrogen and oxygen atoms in total. The van der Waals surface area contributed by atoms with Crippen molar-refractivity contribution in [1.29, 1.82) is 0 Å². The number of esters is 1. The molecule has 20 heavy (non-hydrogen) atoms. The first kappa shape index (κ1) is 17.3. The monoisotopic (exact) mass is 295 g/mol. The Morgan fingerprint density at radius 3 is 2.70 bits per heavy atom. The summed E-state index contributed by atoms with van der Waals surface area (Å²) >= 11 is 0. The van der Waals surface area contributed by atoms with Gasteiger partial charge in [0.15, 0.2) is 0 Å². The van der Waals surface area contributed by atoms with Crippen LogP contribution < -0.4 is 0 Å². The number of rotatable bonds is 4.